The zero-order valence-electron chi connectivity index (χ0n) is 13.1. The summed E-state index contributed by atoms with van der Waals surface area (Å²) < 4.78 is 0. The van der Waals surface area contributed by atoms with Gasteiger partial charge in [-0.25, -0.2) is 4.79 Å². The molecule has 0 aliphatic carbocycles. The normalized spacial score (nSPS) is 11.4. The standard InChI is InChI=1S/C18H23N3O/c1-21(2)14-18(13-20-17(19)22,15-9-5-3-6-10-15)16-11-7-4-8-12-16/h3-12H,13-14H2,1-2H3,(H3,19,20,22). The molecule has 2 amide bonds. The molecule has 0 bridgehead atoms. The highest BCUT2D eigenvalue weighted by Crippen LogP contribution is 2.32. The van der Waals surface area contributed by atoms with E-state index in [0.29, 0.717) is 6.54 Å². The van der Waals surface area contributed by atoms with Gasteiger partial charge in [-0.15, -0.1) is 0 Å². The number of nitrogens with two attached hydrogens (primary N) is 1. The topological polar surface area (TPSA) is 58.4 Å². The lowest BCUT2D eigenvalue weighted by molar-refractivity contribution is 0.243. The minimum absolute atomic E-state index is 0.346. The van der Waals surface area contributed by atoms with Gasteiger partial charge >= 0.3 is 6.03 Å². The van der Waals surface area contributed by atoms with Crippen LogP contribution in [-0.2, 0) is 5.41 Å². The predicted octanol–water partition coefficient (Wildman–Crippen LogP) is 2.20. The molecule has 0 saturated carbocycles. The number of primary amides is 1. The molecule has 0 unspecified atom stereocenters. The van der Waals surface area contributed by atoms with Crippen molar-refractivity contribution >= 4 is 6.03 Å². The molecule has 0 saturated heterocycles. The smallest absolute Gasteiger partial charge is 0.312 e. The maximum Gasteiger partial charge on any atom is 0.312 e. The fraction of sp³-hybridized carbons (Fsp3) is 0.278. The molecule has 0 atom stereocenters. The molecule has 0 heterocycles. The van der Waals surface area contributed by atoms with Crippen molar-refractivity contribution in [3.63, 3.8) is 0 Å². The molecule has 2 aromatic rings. The number of rotatable bonds is 6. The van der Waals surface area contributed by atoms with Crippen LogP contribution in [0.2, 0.25) is 0 Å². The summed E-state index contributed by atoms with van der Waals surface area (Å²) in [5.41, 5.74) is 7.29. The molecular formula is C18H23N3O. The fourth-order valence-corrected chi connectivity index (χ4v) is 2.90. The second kappa shape index (κ2) is 7.09. The van der Waals surface area contributed by atoms with E-state index >= 15 is 0 Å². The number of amides is 2. The third-order valence-electron chi connectivity index (χ3n) is 3.80. The van der Waals surface area contributed by atoms with E-state index in [-0.39, 0.29) is 5.41 Å². The van der Waals surface area contributed by atoms with Gasteiger partial charge in [0, 0.05) is 13.1 Å². The number of hydrogen-bond acceptors (Lipinski definition) is 2. The summed E-state index contributed by atoms with van der Waals surface area (Å²) in [6.07, 6.45) is 0. The number of likely N-dealkylation sites (N-methyl/N-ethyl adjacent to an activating group) is 1. The first-order valence-corrected chi connectivity index (χ1v) is 7.34. The first-order valence-electron chi connectivity index (χ1n) is 7.34. The van der Waals surface area contributed by atoms with Crippen LogP contribution < -0.4 is 11.1 Å². The first-order chi connectivity index (χ1) is 10.5. The molecule has 0 spiro atoms. The van der Waals surface area contributed by atoms with Crippen LogP contribution in [0.3, 0.4) is 0 Å². The SMILES string of the molecule is CN(C)CC(CNC(N)=O)(c1ccccc1)c1ccccc1. The lowest BCUT2D eigenvalue weighted by Crippen LogP contribution is -2.49. The minimum atomic E-state index is -0.505. The van der Waals surface area contributed by atoms with Crippen LogP contribution in [0.4, 0.5) is 4.79 Å². The molecule has 116 valence electrons. The molecule has 4 nitrogen and oxygen atoms in total. The Morgan fingerprint density at radius 1 is 1.00 bits per heavy atom. The summed E-state index contributed by atoms with van der Waals surface area (Å²) in [4.78, 5) is 13.4. The van der Waals surface area contributed by atoms with Gasteiger partial charge in [0.15, 0.2) is 0 Å². The second-order valence-electron chi connectivity index (χ2n) is 5.77. The Kier molecular flexibility index (Phi) is 5.17. The summed E-state index contributed by atoms with van der Waals surface area (Å²) in [5, 5.41) is 2.80. The number of nitrogens with one attached hydrogen (secondary N) is 1. The van der Waals surface area contributed by atoms with Crippen molar-refractivity contribution in [1.29, 1.82) is 0 Å². The molecule has 0 aromatic heterocycles. The Bertz CT molecular complexity index is 557. The summed E-state index contributed by atoms with van der Waals surface area (Å²) in [6, 6.07) is 20.0. The Morgan fingerprint density at radius 2 is 1.45 bits per heavy atom. The zero-order valence-corrected chi connectivity index (χ0v) is 13.1. The van der Waals surface area contributed by atoms with Gasteiger partial charge in [-0.1, -0.05) is 60.7 Å². The maximum absolute atomic E-state index is 11.3. The Morgan fingerprint density at radius 3 is 1.82 bits per heavy atom. The van der Waals surface area contributed by atoms with Crippen molar-refractivity contribution in [3.8, 4) is 0 Å². The van der Waals surface area contributed by atoms with Gasteiger partial charge < -0.3 is 16.0 Å². The summed E-state index contributed by atoms with van der Waals surface area (Å²) in [6.45, 7) is 1.22. The summed E-state index contributed by atoms with van der Waals surface area (Å²) in [5.74, 6) is 0. The first kappa shape index (κ1) is 16.0. The van der Waals surface area contributed by atoms with E-state index in [4.69, 9.17) is 5.73 Å². The Hall–Kier alpha value is -2.33. The van der Waals surface area contributed by atoms with Gasteiger partial charge in [-0.2, -0.15) is 0 Å². The van der Waals surface area contributed by atoms with E-state index in [0.717, 1.165) is 17.7 Å². The zero-order chi connectivity index (χ0) is 16.0. The van der Waals surface area contributed by atoms with E-state index < -0.39 is 6.03 Å². The van der Waals surface area contributed by atoms with Crippen LogP contribution in [-0.4, -0.2) is 38.1 Å². The lowest BCUT2D eigenvalue weighted by atomic mass is 9.74. The van der Waals surface area contributed by atoms with Crippen LogP contribution in [0, 0.1) is 0 Å². The van der Waals surface area contributed by atoms with Gasteiger partial charge in [0.05, 0.1) is 5.41 Å². The van der Waals surface area contributed by atoms with Crippen molar-refractivity contribution < 1.29 is 4.79 Å². The average molecular weight is 297 g/mol. The molecule has 0 fully saturated rings. The number of carbonyl (C=O) groups is 1. The molecule has 2 aromatic carbocycles. The number of nitrogens with zero attached hydrogens (tertiary/aromatic N) is 1. The van der Waals surface area contributed by atoms with Gasteiger partial charge in [-0.05, 0) is 25.2 Å². The van der Waals surface area contributed by atoms with Gasteiger partial charge in [-0.3, -0.25) is 0 Å². The molecule has 4 heteroatoms. The van der Waals surface area contributed by atoms with Gasteiger partial charge in [0.1, 0.15) is 0 Å². The number of hydrogen-bond donors (Lipinski definition) is 2. The van der Waals surface area contributed by atoms with Crippen molar-refractivity contribution in [2.24, 2.45) is 5.73 Å². The lowest BCUT2D eigenvalue weighted by Gasteiger charge is -2.37. The molecule has 0 aliphatic heterocycles. The highest BCUT2D eigenvalue weighted by Gasteiger charge is 2.35. The van der Waals surface area contributed by atoms with Crippen LogP contribution in [0.25, 0.3) is 0 Å². The van der Waals surface area contributed by atoms with Crippen molar-refractivity contribution in [2.45, 2.75) is 5.41 Å². The van der Waals surface area contributed by atoms with Gasteiger partial charge in [0.25, 0.3) is 0 Å². The average Bonchev–Trinajstić information content (AvgIpc) is 2.53. The monoisotopic (exact) mass is 297 g/mol. The van der Waals surface area contributed by atoms with Crippen LogP contribution in [0.5, 0.6) is 0 Å². The molecule has 0 aliphatic rings. The Labute approximate surface area is 131 Å². The largest absolute Gasteiger partial charge is 0.352 e. The highest BCUT2D eigenvalue weighted by atomic mass is 16.2. The molecule has 3 N–H and O–H groups in total. The molecular weight excluding hydrogens is 274 g/mol. The van der Waals surface area contributed by atoms with E-state index in [1.54, 1.807) is 0 Å². The van der Waals surface area contributed by atoms with Crippen LogP contribution in [0.1, 0.15) is 11.1 Å². The van der Waals surface area contributed by atoms with Crippen LogP contribution in [0.15, 0.2) is 60.7 Å². The highest BCUT2D eigenvalue weighted by molar-refractivity contribution is 5.72. The Balaban J connectivity index is 2.55. The minimum Gasteiger partial charge on any atom is -0.352 e. The molecule has 0 radical (unpaired) electrons. The van der Waals surface area contributed by atoms with Crippen LogP contribution >= 0.6 is 0 Å². The van der Waals surface area contributed by atoms with Crippen molar-refractivity contribution in [2.75, 3.05) is 27.2 Å². The van der Waals surface area contributed by atoms with E-state index in [9.17, 15) is 4.79 Å². The maximum atomic E-state index is 11.3. The third kappa shape index (κ3) is 3.65. The molecule has 2 rings (SSSR count). The quantitative estimate of drug-likeness (QED) is 0.859. The molecule has 22 heavy (non-hydrogen) atoms. The summed E-state index contributed by atoms with van der Waals surface area (Å²) >= 11 is 0. The van der Waals surface area contributed by atoms with Gasteiger partial charge in [0.2, 0.25) is 0 Å². The summed E-state index contributed by atoms with van der Waals surface area (Å²) in [7, 11) is 4.07. The third-order valence-corrected chi connectivity index (χ3v) is 3.80. The number of urea groups is 1. The predicted molar refractivity (Wildman–Crippen MR) is 89.8 cm³/mol. The second-order valence-corrected chi connectivity index (χ2v) is 5.77. The number of carbonyl (C=O) groups excluding carboxylic acids is 1. The fourth-order valence-electron chi connectivity index (χ4n) is 2.90. The van der Waals surface area contributed by atoms with Crippen molar-refractivity contribution in [1.82, 2.24) is 10.2 Å². The van der Waals surface area contributed by atoms with E-state index in [2.05, 4.69) is 34.5 Å². The van der Waals surface area contributed by atoms with E-state index in [1.807, 2.05) is 50.5 Å². The van der Waals surface area contributed by atoms with Crippen molar-refractivity contribution in [3.05, 3.63) is 71.8 Å². The number of benzene rings is 2. The van der Waals surface area contributed by atoms with E-state index in [1.165, 1.54) is 0 Å².